The van der Waals surface area contributed by atoms with Crippen LogP contribution >= 0.6 is 24.0 Å². The molecule has 0 bridgehead atoms. The minimum atomic E-state index is 0. The van der Waals surface area contributed by atoms with Crippen LogP contribution in [0.5, 0.6) is 0 Å². The second-order valence-electron chi connectivity index (χ2n) is 7.70. The van der Waals surface area contributed by atoms with Crippen molar-refractivity contribution in [2.24, 2.45) is 4.99 Å². The molecule has 3 aliphatic rings. The molecule has 3 heterocycles. The van der Waals surface area contributed by atoms with Crippen LogP contribution in [-0.2, 0) is 14.2 Å². The fourth-order valence-electron chi connectivity index (χ4n) is 3.96. The number of likely N-dealkylation sites (tertiary alicyclic amines) is 1. The predicted molar refractivity (Wildman–Crippen MR) is 123 cm³/mol. The Hall–Kier alpha value is -0.160. The molecule has 0 radical (unpaired) electrons. The Morgan fingerprint density at radius 2 is 1.86 bits per heavy atom. The summed E-state index contributed by atoms with van der Waals surface area (Å²) in [7, 11) is 0. The number of rotatable bonds is 7. The minimum Gasteiger partial charge on any atom is -0.379 e. The van der Waals surface area contributed by atoms with Gasteiger partial charge in [0.15, 0.2) is 5.96 Å². The van der Waals surface area contributed by atoms with Crippen LogP contribution in [-0.4, -0.2) is 100 Å². The number of nitrogens with one attached hydrogen (secondary N) is 1. The Bertz CT molecular complexity index is 435. The van der Waals surface area contributed by atoms with Gasteiger partial charge in [0.1, 0.15) is 0 Å². The molecule has 164 valence electrons. The molecule has 7 nitrogen and oxygen atoms in total. The topological polar surface area (TPSA) is 58.6 Å². The van der Waals surface area contributed by atoms with E-state index >= 15 is 0 Å². The van der Waals surface area contributed by atoms with E-state index < -0.39 is 0 Å². The van der Waals surface area contributed by atoms with Gasteiger partial charge in [0, 0.05) is 45.9 Å². The SMILES string of the molecule is CCNC(=NCCN1CCOCC1)N1CCC(OCC2CCCCO2)CC1.I. The van der Waals surface area contributed by atoms with Crippen LogP contribution in [0.25, 0.3) is 0 Å². The molecular weight excluding hydrogens is 471 g/mol. The van der Waals surface area contributed by atoms with Gasteiger partial charge in [-0.05, 0) is 39.0 Å². The lowest BCUT2D eigenvalue weighted by molar-refractivity contribution is -0.0721. The normalized spacial score (nSPS) is 25.4. The summed E-state index contributed by atoms with van der Waals surface area (Å²) in [5, 5.41) is 3.46. The van der Waals surface area contributed by atoms with Crippen LogP contribution in [0, 0.1) is 0 Å². The van der Waals surface area contributed by atoms with Crippen molar-refractivity contribution < 1.29 is 14.2 Å². The largest absolute Gasteiger partial charge is 0.379 e. The lowest BCUT2D eigenvalue weighted by Gasteiger charge is -2.35. The third kappa shape index (κ3) is 8.30. The Balaban J connectivity index is 0.00000280. The molecule has 0 aromatic heterocycles. The van der Waals surface area contributed by atoms with Crippen LogP contribution in [0.4, 0.5) is 0 Å². The molecule has 0 amide bonds. The number of halogens is 1. The Morgan fingerprint density at radius 3 is 2.54 bits per heavy atom. The maximum Gasteiger partial charge on any atom is 0.193 e. The number of piperidine rings is 1. The van der Waals surface area contributed by atoms with Crippen LogP contribution in [0.1, 0.15) is 39.0 Å². The summed E-state index contributed by atoms with van der Waals surface area (Å²) in [5.41, 5.74) is 0. The Labute approximate surface area is 187 Å². The van der Waals surface area contributed by atoms with Crippen molar-refractivity contribution in [2.75, 3.05) is 72.2 Å². The highest BCUT2D eigenvalue weighted by Crippen LogP contribution is 2.18. The molecule has 0 saturated carbocycles. The Kier molecular flexibility index (Phi) is 12.0. The van der Waals surface area contributed by atoms with Gasteiger partial charge in [-0.15, -0.1) is 24.0 Å². The van der Waals surface area contributed by atoms with Crippen molar-refractivity contribution in [2.45, 2.75) is 51.2 Å². The summed E-state index contributed by atoms with van der Waals surface area (Å²) < 4.78 is 17.3. The molecule has 8 heteroatoms. The third-order valence-electron chi connectivity index (χ3n) is 5.65. The van der Waals surface area contributed by atoms with Crippen molar-refractivity contribution in [1.29, 1.82) is 0 Å². The predicted octanol–water partition coefficient (Wildman–Crippen LogP) is 1.95. The van der Waals surface area contributed by atoms with Crippen molar-refractivity contribution in [3.8, 4) is 0 Å². The molecule has 28 heavy (non-hydrogen) atoms. The zero-order valence-electron chi connectivity index (χ0n) is 17.4. The summed E-state index contributed by atoms with van der Waals surface area (Å²) in [5.74, 6) is 1.06. The molecule has 0 spiro atoms. The van der Waals surface area contributed by atoms with E-state index in [1.54, 1.807) is 0 Å². The number of ether oxygens (including phenoxy) is 3. The second-order valence-corrected chi connectivity index (χ2v) is 7.70. The van der Waals surface area contributed by atoms with Crippen LogP contribution in [0.15, 0.2) is 4.99 Å². The first-order chi connectivity index (χ1) is 13.3. The molecule has 3 saturated heterocycles. The highest BCUT2D eigenvalue weighted by molar-refractivity contribution is 14.0. The third-order valence-corrected chi connectivity index (χ3v) is 5.65. The number of hydrogen-bond donors (Lipinski definition) is 1. The fraction of sp³-hybridized carbons (Fsp3) is 0.950. The molecule has 0 aromatic carbocycles. The van der Waals surface area contributed by atoms with Gasteiger partial charge in [-0.25, -0.2) is 0 Å². The maximum absolute atomic E-state index is 6.14. The van der Waals surface area contributed by atoms with Crippen molar-refractivity contribution in [3.05, 3.63) is 0 Å². The number of nitrogens with zero attached hydrogens (tertiary/aromatic N) is 3. The molecule has 3 rings (SSSR count). The molecule has 1 atom stereocenters. The van der Waals surface area contributed by atoms with Crippen molar-refractivity contribution >= 4 is 29.9 Å². The lowest BCUT2D eigenvalue weighted by atomic mass is 10.1. The second kappa shape index (κ2) is 14.0. The van der Waals surface area contributed by atoms with E-state index in [0.29, 0.717) is 12.2 Å². The number of morpholine rings is 1. The van der Waals surface area contributed by atoms with Gasteiger partial charge in [-0.2, -0.15) is 0 Å². The van der Waals surface area contributed by atoms with Gasteiger partial charge in [-0.1, -0.05) is 0 Å². The van der Waals surface area contributed by atoms with Crippen LogP contribution < -0.4 is 5.32 Å². The van der Waals surface area contributed by atoms with E-state index in [0.717, 1.165) is 97.5 Å². The van der Waals surface area contributed by atoms with E-state index in [4.69, 9.17) is 19.2 Å². The summed E-state index contributed by atoms with van der Waals surface area (Å²) in [6.45, 7) is 12.3. The average Bonchev–Trinajstić information content (AvgIpc) is 2.74. The number of aliphatic imine (C=N–C) groups is 1. The van der Waals surface area contributed by atoms with E-state index in [9.17, 15) is 0 Å². The monoisotopic (exact) mass is 510 g/mol. The van der Waals surface area contributed by atoms with Crippen LogP contribution in [0.3, 0.4) is 0 Å². The summed E-state index contributed by atoms with van der Waals surface area (Å²) in [6, 6.07) is 0. The fourth-order valence-corrected chi connectivity index (χ4v) is 3.96. The van der Waals surface area contributed by atoms with Gasteiger partial charge in [0.05, 0.1) is 38.6 Å². The first-order valence-electron chi connectivity index (χ1n) is 10.9. The summed E-state index contributed by atoms with van der Waals surface area (Å²) in [4.78, 5) is 9.69. The lowest BCUT2D eigenvalue weighted by Crippen LogP contribution is -2.47. The zero-order valence-corrected chi connectivity index (χ0v) is 19.8. The highest BCUT2D eigenvalue weighted by Gasteiger charge is 2.23. The van der Waals surface area contributed by atoms with E-state index in [1.807, 2.05) is 0 Å². The molecule has 1 N–H and O–H groups in total. The molecule has 0 aliphatic carbocycles. The highest BCUT2D eigenvalue weighted by atomic mass is 127. The maximum atomic E-state index is 6.14. The van der Waals surface area contributed by atoms with Crippen LogP contribution in [0.2, 0.25) is 0 Å². The van der Waals surface area contributed by atoms with Crippen molar-refractivity contribution in [3.63, 3.8) is 0 Å². The van der Waals surface area contributed by atoms with Gasteiger partial charge < -0.3 is 24.4 Å². The summed E-state index contributed by atoms with van der Waals surface area (Å²) >= 11 is 0. The van der Waals surface area contributed by atoms with Gasteiger partial charge in [0.25, 0.3) is 0 Å². The first-order valence-corrected chi connectivity index (χ1v) is 10.9. The molecule has 0 aromatic rings. The zero-order chi connectivity index (χ0) is 18.7. The summed E-state index contributed by atoms with van der Waals surface area (Å²) in [6.07, 6.45) is 6.45. The van der Waals surface area contributed by atoms with E-state index in [2.05, 4.69) is 22.0 Å². The standard InChI is InChI=1S/C20H38N4O3.HI/c1-2-21-20(22-8-11-23-12-15-25-16-13-23)24-9-6-18(7-10-24)27-17-19-5-3-4-14-26-19;/h18-19H,2-17H2,1H3,(H,21,22);1H. The number of guanidine groups is 1. The Morgan fingerprint density at radius 1 is 1.07 bits per heavy atom. The molecule has 3 aliphatic heterocycles. The smallest absolute Gasteiger partial charge is 0.193 e. The minimum absolute atomic E-state index is 0. The molecule has 3 fully saturated rings. The number of hydrogen-bond acceptors (Lipinski definition) is 5. The van der Waals surface area contributed by atoms with Gasteiger partial charge >= 0.3 is 0 Å². The first kappa shape index (κ1) is 24.1. The van der Waals surface area contributed by atoms with Gasteiger partial charge in [0.2, 0.25) is 0 Å². The molecular formula is C20H39IN4O3. The van der Waals surface area contributed by atoms with Gasteiger partial charge in [-0.3, -0.25) is 9.89 Å². The molecule has 1 unspecified atom stereocenters. The average molecular weight is 510 g/mol. The van der Waals surface area contributed by atoms with E-state index in [1.165, 1.54) is 12.8 Å². The quantitative estimate of drug-likeness (QED) is 0.321. The van der Waals surface area contributed by atoms with Crippen molar-refractivity contribution in [1.82, 2.24) is 15.1 Å². The van der Waals surface area contributed by atoms with E-state index in [-0.39, 0.29) is 24.0 Å².